The summed E-state index contributed by atoms with van der Waals surface area (Å²) in [4.78, 5) is 25.7. The second-order valence-electron chi connectivity index (χ2n) is 7.07. The maximum atomic E-state index is 15.0. The lowest BCUT2D eigenvalue weighted by Crippen LogP contribution is -2.49. The molecule has 0 spiro atoms. The SMILES string of the molecule is CC.CC(C)(C)OC(=O)N1CCC(F)(C(=O)c2ccc(C#N)cc2F)CC1. The predicted molar refractivity (Wildman–Crippen MR) is 97.7 cm³/mol. The van der Waals surface area contributed by atoms with E-state index in [2.05, 4.69) is 0 Å². The van der Waals surface area contributed by atoms with Crippen LogP contribution in [0.25, 0.3) is 0 Å². The van der Waals surface area contributed by atoms with Crippen LogP contribution in [0.2, 0.25) is 0 Å². The molecule has 27 heavy (non-hydrogen) atoms. The summed E-state index contributed by atoms with van der Waals surface area (Å²) in [6.07, 6.45) is -1.03. The molecule has 0 saturated carbocycles. The molecule has 1 aromatic carbocycles. The van der Waals surface area contributed by atoms with Gasteiger partial charge in [0.25, 0.3) is 0 Å². The van der Waals surface area contributed by atoms with Gasteiger partial charge in [0, 0.05) is 25.9 Å². The van der Waals surface area contributed by atoms with Gasteiger partial charge in [0.2, 0.25) is 5.78 Å². The van der Waals surface area contributed by atoms with E-state index in [-0.39, 0.29) is 37.1 Å². The van der Waals surface area contributed by atoms with Crippen LogP contribution in [0.1, 0.15) is 63.4 Å². The molecule has 1 aliphatic heterocycles. The highest BCUT2D eigenvalue weighted by Gasteiger charge is 2.44. The van der Waals surface area contributed by atoms with Gasteiger partial charge in [-0.15, -0.1) is 0 Å². The second kappa shape index (κ2) is 8.94. The maximum absolute atomic E-state index is 15.0. The minimum Gasteiger partial charge on any atom is -0.444 e. The fourth-order valence-corrected chi connectivity index (χ4v) is 2.61. The van der Waals surface area contributed by atoms with Crippen molar-refractivity contribution in [3.8, 4) is 6.07 Å². The van der Waals surface area contributed by atoms with Crippen molar-refractivity contribution in [2.45, 2.75) is 58.7 Å². The molecule has 1 heterocycles. The standard InChI is InChI=1S/C18H20F2N2O3.C2H6/c1-17(2,3)25-16(24)22-8-6-18(20,7-9-22)15(23)13-5-4-12(11-21)10-14(13)19;1-2/h4-5,10H,6-9H2,1-3H3;1-2H3. The van der Waals surface area contributed by atoms with Gasteiger partial charge in [0.15, 0.2) is 5.67 Å². The lowest BCUT2D eigenvalue weighted by atomic mass is 9.85. The number of Topliss-reactive ketones (excluding diaryl/α,β-unsaturated/α-hetero) is 1. The highest BCUT2D eigenvalue weighted by molar-refractivity contribution is 6.02. The molecule has 0 aliphatic carbocycles. The number of likely N-dealkylation sites (tertiary alicyclic amines) is 1. The largest absolute Gasteiger partial charge is 0.444 e. The molecule has 0 radical (unpaired) electrons. The zero-order valence-corrected chi connectivity index (χ0v) is 16.4. The Morgan fingerprint density at radius 2 is 1.78 bits per heavy atom. The Bertz CT molecular complexity index is 728. The number of ether oxygens (including phenoxy) is 1. The van der Waals surface area contributed by atoms with Gasteiger partial charge in [-0.2, -0.15) is 5.26 Å². The van der Waals surface area contributed by atoms with Crippen molar-refractivity contribution in [1.29, 1.82) is 5.26 Å². The molecular formula is C20H26F2N2O3. The molecule has 1 saturated heterocycles. The number of hydrogen-bond acceptors (Lipinski definition) is 4. The van der Waals surface area contributed by atoms with E-state index < -0.39 is 29.0 Å². The Morgan fingerprint density at radius 1 is 1.22 bits per heavy atom. The van der Waals surface area contributed by atoms with E-state index in [1.54, 1.807) is 26.8 Å². The number of alkyl halides is 1. The Labute approximate surface area is 158 Å². The third-order valence-electron chi connectivity index (χ3n) is 3.96. The van der Waals surface area contributed by atoms with Gasteiger partial charge in [-0.3, -0.25) is 4.79 Å². The van der Waals surface area contributed by atoms with E-state index in [4.69, 9.17) is 10.00 Å². The molecule has 1 aliphatic rings. The number of rotatable bonds is 2. The van der Waals surface area contributed by atoms with Crippen molar-refractivity contribution in [3.63, 3.8) is 0 Å². The summed E-state index contributed by atoms with van der Waals surface area (Å²) in [7, 11) is 0. The van der Waals surface area contributed by atoms with Gasteiger partial charge in [-0.1, -0.05) is 13.8 Å². The molecule has 1 amide bonds. The molecule has 148 valence electrons. The lowest BCUT2D eigenvalue weighted by Gasteiger charge is -2.36. The van der Waals surface area contributed by atoms with E-state index in [0.29, 0.717) is 0 Å². The number of amides is 1. The van der Waals surface area contributed by atoms with E-state index in [1.807, 2.05) is 13.8 Å². The van der Waals surface area contributed by atoms with Crippen LogP contribution in [-0.4, -0.2) is 41.1 Å². The normalized spacial score (nSPS) is 15.9. The van der Waals surface area contributed by atoms with Gasteiger partial charge in [0.1, 0.15) is 11.4 Å². The number of piperidine rings is 1. The maximum Gasteiger partial charge on any atom is 0.410 e. The molecule has 0 aromatic heterocycles. The first kappa shape index (κ1) is 22.6. The van der Waals surface area contributed by atoms with Crippen molar-refractivity contribution in [1.82, 2.24) is 4.90 Å². The minimum absolute atomic E-state index is 0.00898. The number of carbonyl (C=O) groups excluding carboxylic acids is 2. The molecule has 1 aromatic rings. The molecule has 0 unspecified atom stereocenters. The first-order valence-electron chi connectivity index (χ1n) is 8.97. The summed E-state index contributed by atoms with van der Waals surface area (Å²) >= 11 is 0. The van der Waals surface area contributed by atoms with Gasteiger partial charge < -0.3 is 9.64 Å². The van der Waals surface area contributed by atoms with Gasteiger partial charge in [-0.25, -0.2) is 13.6 Å². The molecule has 0 N–H and O–H groups in total. The molecule has 7 heteroatoms. The first-order valence-corrected chi connectivity index (χ1v) is 8.97. The average molecular weight is 380 g/mol. The number of carbonyl (C=O) groups is 2. The summed E-state index contributed by atoms with van der Waals surface area (Å²) in [6.45, 7) is 9.20. The van der Waals surface area contributed by atoms with Crippen molar-refractivity contribution in [3.05, 3.63) is 35.1 Å². The first-order chi connectivity index (χ1) is 12.6. The van der Waals surface area contributed by atoms with Crippen LogP contribution in [0.4, 0.5) is 13.6 Å². The van der Waals surface area contributed by atoms with E-state index in [1.165, 1.54) is 11.0 Å². The minimum atomic E-state index is -2.24. The topological polar surface area (TPSA) is 70.4 Å². The molecular weight excluding hydrogens is 354 g/mol. The third kappa shape index (κ3) is 5.75. The number of halogens is 2. The third-order valence-corrected chi connectivity index (χ3v) is 3.96. The summed E-state index contributed by atoms with van der Waals surface area (Å²) in [5.74, 6) is -1.88. The highest BCUT2D eigenvalue weighted by Crippen LogP contribution is 2.32. The van der Waals surface area contributed by atoms with Crippen molar-refractivity contribution in [2.75, 3.05) is 13.1 Å². The quantitative estimate of drug-likeness (QED) is 0.701. The van der Waals surface area contributed by atoms with Crippen molar-refractivity contribution >= 4 is 11.9 Å². The number of benzene rings is 1. The summed E-state index contributed by atoms with van der Waals surface area (Å²) < 4.78 is 34.2. The Hall–Kier alpha value is -2.49. The summed E-state index contributed by atoms with van der Waals surface area (Å²) in [6, 6.07) is 5.06. The monoisotopic (exact) mass is 380 g/mol. The fourth-order valence-electron chi connectivity index (χ4n) is 2.61. The second-order valence-corrected chi connectivity index (χ2v) is 7.07. The van der Waals surface area contributed by atoms with Gasteiger partial charge in [-0.05, 0) is 39.0 Å². The summed E-state index contributed by atoms with van der Waals surface area (Å²) in [5, 5.41) is 8.73. The van der Waals surface area contributed by atoms with E-state index in [0.717, 1.165) is 12.1 Å². The molecule has 5 nitrogen and oxygen atoms in total. The average Bonchev–Trinajstić information content (AvgIpc) is 2.61. The molecule has 1 fully saturated rings. The van der Waals surface area contributed by atoms with Gasteiger partial charge >= 0.3 is 6.09 Å². The Morgan fingerprint density at radius 3 is 2.22 bits per heavy atom. The number of nitrogens with zero attached hydrogens (tertiary/aromatic N) is 2. The van der Waals surface area contributed by atoms with E-state index >= 15 is 4.39 Å². The fraction of sp³-hybridized carbons (Fsp3) is 0.550. The zero-order valence-electron chi connectivity index (χ0n) is 16.4. The number of nitriles is 1. The lowest BCUT2D eigenvalue weighted by molar-refractivity contribution is 0.00490. The van der Waals surface area contributed by atoms with Crippen LogP contribution in [0.3, 0.4) is 0 Å². The smallest absolute Gasteiger partial charge is 0.410 e. The van der Waals surface area contributed by atoms with Crippen LogP contribution >= 0.6 is 0 Å². The molecule has 2 rings (SSSR count). The van der Waals surface area contributed by atoms with Crippen LogP contribution < -0.4 is 0 Å². The number of ketones is 1. The van der Waals surface area contributed by atoms with Crippen LogP contribution in [-0.2, 0) is 4.74 Å². The van der Waals surface area contributed by atoms with Crippen LogP contribution in [0, 0.1) is 17.1 Å². The van der Waals surface area contributed by atoms with Crippen LogP contribution in [0.15, 0.2) is 18.2 Å². The Balaban J connectivity index is 0.00000176. The summed E-state index contributed by atoms with van der Waals surface area (Å²) in [5.41, 5.74) is -3.23. The molecule has 0 bridgehead atoms. The van der Waals surface area contributed by atoms with Gasteiger partial charge in [0.05, 0.1) is 17.2 Å². The Kier molecular flexibility index (Phi) is 7.46. The van der Waals surface area contributed by atoms with Crippen molar-refractivity contribution < 1.29 is 23.1 Å². The zero-order chi connectivity index (χ0) is 20.8. The van der Waals surface area contributed by atoms with Crippen molar-refractivity contribution in [2.24, 2.45) is 0 Å². The molecule has 0 atom stereocenters. The highest BCUT2D eigenvalue weighted by atomic mass is 19.1. The van der Waals surface area contributed by atoms with E-state index in [9.17, 15) is 14.0 Å². The van der Waals surface area contributed by atoms with Crippen LogP contribution in [0.5, 0.6) is 0 Å². The number of hydrogen-bond donors (Lipinski definition) is 0. The predicted octanol–water partition coefficient (Wildman–Crippen LogP) is 4.65.